The number of amides is 1. The number of benzene rings is 1. The SMILES string of the molecule is CCN(Cc1cccc(Cl)c1)C(=O)C1C=CC(N)C1. The third-order valence-electron chi connectivity index (χ3n) is 3.39. The molecular formula is C15H19ClN2O. The van der Waals surface area contributed by atoms with Gasteiger partial charge in [0.05, 0.1) is 5.92 Å². The fourth-order valence-corrected chi connectivity index (χ4v) is 2.56. The molecular weight excluding hydrogens is 260 g/mol. The van der Waals surface area contributed by atoms with Gasteiger partial charge >= 0.3 is 0 Å². The summed E-state index contributed by atoms with van der Waals surface area (Å²) in [5, 5.41) is 0.698. The average molecular weight is 279 g/mol. The molecule has 1 aliphatic rings. The lowest BCUT2D eigenvalue weighted by atomic mass is 10.1. The van der Waals surface area contributed by atoms with Crippen LogP contribution >= 0.6 is 11.6 Å². The first kappa shape index (κ1) is 14.1. The van der Waals surface area contributed by atoms with Crippen LogP contribution in [0.25, 0.3) is 0 Å². The van der Waals surface area contributed by atoms with Crippen molar-refractivity contribution in [1.82, 2.24) is 4.90 Å². The number of hydrogen-bond donors (Lipinski definition) is 1. The summed E-state index contributed by atoms with van der Waals surface area (Å²) >= 11 is 5.97. The molecule has 2 atom stereocenters. The molecule has 1 aromatic rings. The zero-order valence-corrected chi connectivity index (χ0v) is 11.8. The molecule has 0 radical (unpaired) electrons. The molecule has 19 heavy (non-hydrogen) atoms. The van der Waals surface area contributed by atoms with E-state index in [9.17, 15) is 4.79 Å². The van der Waals surface area contributed by atoms with Crippen LogP contribution in [0.1, 0.15) is 18.9 Å². The molecule has 0 bridgehead atoms. The van der Waals surface area contributed by atoms with Crippen molar-refractivity contribution in [1.29, 1.82) is 0 Å². The Morgan fingerprint density at radius 1 is 1.47 bits per heavy atom. The first-order chi connectivity index (χ1) is 9.10. The van der Waals surface area contributed by atoms with Gasteiger partial charge in [-0.25, -0.2) is 0 Å². The highest BCUT2D eigenvalue weighted by molar-refractivity contribution is 6.30. The van der Waals surface area contributed by atoms with Crippen LogP contribution in [0.15, 0.2) is 36.4 Å². The van der Waals surface area contributed by atoms with Crippen LogP contribution in [0.3, 0.4) is 0 Å². The first-order valence-electron chi connectivity index (χ1n) is 6.57. The lowest BCUT2D eigenvalue weighted by molar-refractivity contribution is -0.134. The summed E-state index contributed by atoms with van der Waals surface area (Å²) in [6.07, 6.45) is 4.55. The maximum Gasteiger partial charge on any atom is 0.229 e. The van der Waals surface area contributed by atoms with Crippen molar-refractivity contribution < 1.29 is 4.79 Å². The number of nitrogens with two attached hydrogens (primary N) is 1. The number of rotatable bonds is 4. The van der Waals surface area contributed by atoms with E-state index in [0.717, 1.165) is 5.56 Å². The van der Waals surface area contributed by atoms with Crippen LogP contribution < -0.4 is 5.73 Å². The molecule has 1 aromatic carbocycles. The summed E-state index contributed by atoms with van der Waals surface area (Å²) in [5.41, 5.74) is 6.85. The van der Waals surface area contributed by atoms with Crippen LogP contribution in [0.5, 0.6) is 0 Å². The van der Waals surface area contributed by atoms with E-state index in [4.69, 9.17) is 17.3 Å². The fraction of sp³-hybridized carbons (Fsp3) is 0.400. The van der Waals surface area contributed by atoms with Gasteiger partial charge in [0.1, 0.15) is 0 Å². The van der Waals surface area contributed by atoms with Gasteiger partial charge in [-0.15, -0.1) is 0 Å². The van der Waals surface area contributed by atoms with Gasteiger partial charge in [-0.3, -0.25) is 4.79 Å². The third-order valence-corrected chi connectivity index (χ3v) is 3.62. The van der Waals surface area contributed by atoms with Crippen LogP contribution in [-0.4, -0.2) is 23.4 Å². The van der Waals surface area contributed by atoms with Gasteiger partial charge in [-0.05, 0) is 31.0 Å². The first-order valence-corrected chi connectivity index (χ1v) is 6.95. The minimum absolute atomic E-state index is 0.0128. The minimum Gasteiger partial charge on any atom is -0.338 e. The number of carbonyl (C=O) groups is 1. The molecule has 1 aliphatic carbocycles. The number of halogens is 1. The van der Waals surface area contributed by atoms with Crippen molar-refractivity contribution in [2.45, 2.75) is 25.9 Å². The highest BCUT2D eigenvalue weighted by atomic mass is 35.5. The molecule has 2 rings (SSSR count). The molecule has 4 heteroatoms. The summed E-state index contributed by atoms with van der Waals surface area (Å²) < 4.78 is 0. The summed E-state index contributed by atoms with van der Waals surface area (Å²) in [7, 11) is 0. The summed E-state index contributed by atoms with van der Waals surface area (Å²) in [6.45, 7) is 3.27. The number of carbonyl (C=O) groups excluding carboxylic acids is 1. The Morgan fingerprint density at radius 2 is 2.26 bits per heavy atom. The lowest BCUT2D eigenvalue weighted by Gasteiger charge is -2.24. The Balaban J connectivity index is 2.04. The van der Waals surface area contributed by atoms with Gasteiger partial charge in [0, 0.05) is 24.2 Å². The molecule has 0 saturated heterocycles. The fourth-order valence-electron chi connectivity index (χ4n) is 2.35. The van der Waals surface area contributed by atoms with E-state index >= 15 is 0 Å². The second-order valence-electron chi connectivity index (χ2n) is 4.87. The van der Waals surface area contributed by atoms with E-state index in [1.807, 2.05) is 48.2 Å². The second-order valence-corrected chi connectivity index (χ2v) is 5.31. The Labute approximate surface area is 119 Å². The highest BCUT2D eigenvalue weighted by Crippen LogP contribution is 2.20. The second kappa shape index (κ2) is 6.22. The van der Waals surface area contributed by atoms with Crippen LogP contribution in [0, 0.1) is 5.92 Å². The monoisotopic (exact) mass is 278 g/mol. The Bertz CT molecular complexity index is 487. The molecule has 3 nitrogen and oxygen atoms in total. The Hall–Kier alpha value is -1.32. The summed E-state index contributed by atoms with van der Waals surface area (Å²) in [6, 6.07) is 7.63. The maximum atomic E-state index is 12.4. The predicted octanol–water partition coefficient (Wildman–Crippen LogP) is 2.59. The predicted molar refractivity (Wildman–Crippen MR) is 77.8 cm³/mol. The lowest BCUT2D eigenvalue weighted by Crippen LogP contribution is -2.35. The average Bonchev–Trinajstić information content (AvgIpc) is 2.82. The van der Waals surface area contributed by atoms with Gasteiger partial charge in [0.25, 0.3) is 0 Å². The van der Waals surface area contributed by atoms with Gasteiger partial charge < -0.3 is 10.6 Å². The molecule has 0 heterocycles. The van der Waals surface area contributed by atoms with E-state index in [1.54, 1.807) is 0 Å². The molecule has 0 aliphatic heterocycles. The molecule has 102 valence electrons. The Morgan fingerprint density at radius 3 is 2.84 bits per heavy atom. The number of nitrogens with zero attached hydrogens (tertiary/aromatic N) is 1. The van der Waals surface area contributed by atoms with Crippen molar-refractivity contribution >= 4 is 17.5 Å². The van der Waals surface area contributed by atoms with Crippen molar-refractivity contribution in [3.8, 4) is 0 Å². The van der Waals surface area contributed by atoms with Gasteiger partial charge in [0.15, 0.2) is 0 Å². The molecule has 1 amide bonds. The third kappa shape index (κ3) is 3.58. The maximum absolute atomic E-state index is 12.4. The largest absolute Gasteiger partial charge is 0.338 e. The standard InChI is InChI=1S/C15H19ClN2O/c1-2-18(10-11-4-3-5-13(16)8-11)15(19)12-6-7-14(17)9-12/h3-8,12,14H,2,9-10,17H2,1H3. The minimum atomic E-state index is -0.0749. The molecule has 0 saturated carbocycles. The van der Waals surface area contributed by atoms with Crippen LogP contribution in [0.4, 0.5) is 0 Å². The van der Waals surface area contributed by atoms with Crippen LogP contribution in [0.2, 0.25) is 5.02 Å². The smallest absolute Gasteiger partial charge is 0.229 e. The van der Waals surface area contributed by atoms with Crippen molar-refractivity contribution in [3.05, 3.63) is 47.0 Å². The van der Waals surface area contributed by atoms with E-state index < -0.39 is 0 Å². The molecule has 0 aromatic heterocycles. The number of hydrogen-bond acceptors (Lipinski definition) is 2. The molecule has 2 unspecified atom stereocenters. The zero-order valence-electron chi connectivity index (χ0n) is 11.1. The summed E-state index contributed by atoms with van der Waals surface area (Å²) in [4.78, 5) is 14.2. The van der Waals surface area contributed by atoms with Crippen molar-refractivity contribution in [3.63, 3.8) is 0 Å². The van der Waals surface area contributed by atoms with Crippen molar-refractivity contribution in [2.24, 2.45) is 11.7 Å². The molecule has 2 N–H and O–H groups in total. The Kier molecular flexibility index (Phi) is 4.61. The normalized spacial score (nSPS) is 21.6. The molecule has 0 spiro atoms. The van der Waals surface area contributed by atoms with E-state index in [2.05, 4.69) is 0 Å². The quantitative estimate of drug-likeness (QED) is 0.861. The molecule has 0 fully saturated rings. The van der Waals surface area contributed by atoms with Gasteiger partial charge in [-0.1, -0.05) is 35.9 Å². The van der Waals surface area contributed by atoms with Crippen LogP contribution in [-0.2, 0) is 11.3 Å². The van der Waals surface area contributed by atoms with Gasteiger partial charge in [-0.2, -0.15) is 0 Å². The topological polar surface area (TPSA) is 46.3 Å². The highest BCUT2D eigenvalue weighted by Gasteiger charge is 2.26. The van der Waals surface area contributed by atoms with E-state index in [0.29, 0.717) is 24.5 Å². The summed E-state index contributed by atoms with van der Waals surface area (Å²) in [5.74, 6) is 0.0702. The zero-order chi connectivity index (χ0) is 13.8. The van der Waals surface area contributed by atoms with Crippen molar-refractivity contribution in [2.75, 3.05) is 6.54 Å². The van der Waals surface area contributed by atoms with E-state index in [-0.39, 0.29) is 17.9 Å². The van der Waals surface area contributed by atoms with Gasteiger partial charge in [0.2, 0.25) is 5.91 Å². The van der Waals surface area contributed by atoms with E-state index in [1.165, 1.54) is 0 Å².